The maximum absolute atomic E-state index is 12.2. The van der Waals surface area contributed by atoms with Gasteiger partial charge in [-0.2, -0.15) is 0 Å². The number of rotatable bonds is 7. The summed E-state index contributed by atoms with van der Waals surface area (Å²) >= 11 is 0. The summed E-state index contributed by atoms with van der Waals surface area (Å²) in [5.41, 5.74) is 2.76. The summed E-state index contributed by atoms with van der Waals surface area (Å²) in [7, 11) is 1.69. The van der Waals surface area contributed by atoms with Crippen LogP contribution in [0.25, 0.3) is 0 Å². The predicted molar refractivity (Wildman–Crippen MR) is 102 cm³/mol. The van der Waals surface area contributed by atoms with Crippen LogP contribution < -0.4 is 10.6 Å². The summed E-state index contributed by atoms with van der Waals surface area (Å²) < 4.78 is 0. The molecule has 0 atom stereocenters. The Labute approximate surface area is 153 Å². The number of Topliss-reactive ketones (excluding diaryl/α,β-unsaturated/α-hetero) is 1. The fourth-order valence-electron chi connectivity index (χ4n) is 2.47. The number of carbonyl (C=O) groups excluding carboxylic acids is 3. The Morgan fingerprint density at radius 1 is 0.885 bits per heavy atom. The molecule has 0 saturated heterocycles. The summed E-state index contributed by atoms with van der Waals surface area (Å²) in [6, 6.07) is 14.3. The van der Waals surface area contributed by atoms with E-state index in [1.54, 1.807) is 36.2 Å². The molecule has 26 heavy (non-hydrogen) atoms. The number of hydrogen-bond donors (Lipinski definition) is 2. The van der Waals surface area contributed by atoms with Crippen molar-refractivity contribution in [1.82, 2.24) is 4.90 Å². The first-order valence-electron chi connectivity index (χ1n) is 8.30. The van der Waals surface area contributed by atoms with E-state index in [1.165, 1.54) is 6.92 Å². The van der Waals surface area contributed by atoms with E-state index < -0.39 is 0 Å². The minimum Gasteiger partial charge on any atom is -0.325 e. The average molecular weight is 353 g/mol. The second-order valence-electron chi connectivity index (χ2n) is 6.24. The Bertz CT molecular complexity index is 800. The number of anilines is 2. The third kappa shape index (κ3) is 5.82. The normalized spacial score (nSPS) is 10.5. The number of amides is 2. The molecule has 0 saturated carbocycles. The van der Waals surface area contributed by atoms with Crippen molar-refractivity contribution in [3.05, 3.63) is 59.7 Å². The number of carbonyl (C=O) groups is 3. The van der Waals surface area contributed by atoms with Gasteiger partial charge < -0.3 is 10.6 Å². The molecule has 0 aliphatic carbocycles. The van der Waals surface area contributed by atoms with Gasteiger partial charge in [0.1, 0.15) is 0 Å². The zero-order chi connectivity index (χ0) is 19.1. The van der Waals surface area contributed by atoms with E-state index in [2.05, 4.69) is 10.6 Å². The third-order valence-corrected chi connectivity index (χ3v) is 3.74. The Morgan fingerprint density at radius 3 is 2.08 bits per heavy atom. The monoisotopic (exact) mass is 353 g/mol. The molecule has 2 amide bonds. The van der Waals surface area contributed by atoms with Gasteiger partial charge in [0.25, 0.3) is 0 Å². The van der Waals surface area contributed by atoms with Crippen LogP contribution in [0.2, 0.25) is 0 Å². The highest BCUT2D eigenvalue weighted by Crippen LogP contribution is 2.15. The van der Waals surface area contributed by atoms with Crippen molar-refractivity contribution in [2.75, 3.05) is 30.8 Å². The Morgan fingerprint density at radius 2 is 1.46 bits per heavy atom. The van der Waals surface area contributed by atoms with E-state index in [9.17, 15) is 14.4 Å². The fraction of sp³-hybridized carbons (Fsp3) is 0.250. The standard InChI is InChI=1S/C20H23N3O3/c1-14-8-10-16(11-9-14)21-19(25)12-23(3)13-20(26)22-18-7-5-4-6-17(18)15(2)24/h4-11H,12-13H2,1-3H3,(H,21,25)(H,22,26). The summed E-state index contributed by atoms with van der Waals surface area (Å²) in [4.78, 5) is 37.4. The topological polar surface area (TPSA) is 78.5 Å². The van der Waals surface area contributed by atoms with Crippen LogP contribution >= 0.6 is 0 Å². The van der Waals surface area contributed by atoms with Crippen molar-refractivity contribution in [1.29, 1.82) is 0 Å². The van der Waals surface area contributed by atoms with E-state index >= 15 is 0 Å². The largest absolute Gasteiger partial charge is 0.325 e. The molecular weight excluding hydrogens is 330 g/mol. The lowest BCUT2D eigenvalue weighted by Crippen LogP contribution is -2.36. The van der Waals surface area contributed by atoms with Gasteiger partial charge in [0.15, 0.2) is 5.78 Å². The van der Waals surface area contributed by atoms with Crippen LogP contribution in [0.5, 0.6) is 0 Å². The molecule has 0 spiro atoms. The molecule has 2 aromatic rings. The van der Waals surface area contributed by atoms with Gasteiger partial charge in [-0.1, -0.05) is 29.8 Å². The quantitative estimate of drug-likeness (QED) is 0.750. The number of ketones is 1. The molecule has 136 valence electrons. The van der Waals surface area contributed by atoms with E-state index in [0.717, 1.165) is 5.56 Å². The summed E-state index contributed by atoms with van der Waals surface area (Å²) in [6.07, 6.45) is 0. The Balaban J connectivity index is 1.86. The van der Waals surface area contributed by atoms with Crippen LogP contribution in [0.3, 0.4) is 0 Å². The van der Waals surface area contributed by atoms with Crippen LogP contribution in [0, 0.1) is 6.92 Å². The smallest absolute Gasteiger partial charge is 0.238 e. The number of aryl methyl sites for hydroxylation is 1. The minimum atomic E-state index is -0.288. The first-order chi connectivity index (χ1) is 12.3. The SMILES string of the molecule is CC(=O)c1ccccc1NC(=O)CN(C)CC(=O)Nc1ccc(C)cc1. The van der Waals surface area contributed by atoms with Crippen molar-refractivity contribution < 1.29 is 14.4 Å². The highest BCUT2D eigenvalue weighted by Gasteiger charge is 2.13. The Hall–Kier alpha value is -2.99. The maximum atomic E-state index is 12.2. The second kappa shape index (κ2) is 8.92. The number of benzene rings is 2. The summed E-state index contributed by atoms with van der Waals surface area (Å²) in [5.74, 6) is -0.607. The van der Waals surface area contributed by atoms with Crippen LogP contribution in [-0.2, 0) is 9.59 Å². The zero-order valence-electron chi connectivity index (χ0n) is 15.2. The predicted octanol–water partition coefficient (Wildman–Crippen LogP) is 2.71. The highest BCUT2D eigenvalue weighted by molar-refractivity contribution is 6.04. The summed E-state index contributed by atoms with van der Waals surface area (Å²) in [6.45, 7) is 3.54. The minimum absolute atomic E-state index is 0.0353. The fourth-order valence-corrected chi connectivity index (χ4v) is 2.47. The first kappa shape index (κ1) is 19.3. The maximum Gasteiger partial charge on any atom is 0.238 e. The number of para-hydroxylation sites is 1. The third-order valence-electron chi connectivity index (χ3n) is 3.74. The molecule has 0 bridgehead atoms. The van der Waals surface area contributed by atoms with Gasteiger partial charge >= 0.3 is 0 Å². The van der Waals surface area contributed by atoms with Crippen molar-refractivity contribution in [2.24, 2.45) is 0 Å². The van der Waals surface area contributed by atoms with Gasteiger partial charge in [-0.15, -0.1) is 0 Å². The second-order valence-corrected chi connectivity index (χ2v) is 6.24. The molecule has 0 aliphatic heterocycles. The molecule has 2 rings (SSSR count). The molecule has 6 heteroatoms. The van der Waals surface area contributed by atoms with Gasteiger partial charge in [-0.25, -0.2) is 0 Å². The lowest BCUT2D eigenvalue weighted by Gasteiger charge is -2.16. The average Bonchev–Trinajstić information content (AvgIpc) is 2.56. The lowest BCUT2D eigenvalue weighted by molar-refractivity contribution is -0.119. The highest BCUT2D eigenvalue weighted by atomic mass is 16.2. The zero-order valence-corrected chi connectivity index (χ0v) is 15.2. The van der Waals surface area contributed by atoms with Crippen LogP contribution in [-0.4, -0.2) is 42.6 Å². The lowest BCUT2D eigenvalue weighted by atomic mass is 10.1. The molecular formula is C20H23N3O3. The van der Waals surface area contributed by atoms with E-state index in [-0.39, 0.29) is 30.7 Å². The van der Waals surface area contributed by atoms with E-state index in [1.807, 2.05) is 31.2 Å². The first-order valence-corrected chi connectivity index (χ1v) is 8.30. The van der Waals surface area contributed by atoms with Crippen molar-refractivity contribution >= 4 is 29.0 Å². The number of hydrogen-bond acceptors (Lipinski definition) is 4. The van der Waals surface area contributed by atoms with Gasteiger partial charge in [0.05, 0.1) is 18.8 Å². The number of nitrogens with one attached hydrogen (secondary N) is 2. The molecule has 0 fully saturated rings. The number of nitrogens with zero attached hydrogens (tertiary/aromatic N) is 1. The van der Waals surface area contributed by atoms with Crippen molar-refractivity contribution in [2.45, 2.75) is 13.8 Å². The molecule has 0 aliphatic rings. The summed E-state index contributed by atoms with van der Waals surface area (Å²) in [5, 5.41) is 5.51. The van der Waals surface area contributed by atoms with E-state index in [0.29, 0.717) is 16.9 Å². The van der Waals surface area contributed by atoms with Crippen LogP contribution in [0.4, 0.5) is 11.4 Å². The molecule has 6 nitrogen and oxygen atoms in total. The van der Waals surface area contributed by atoms with Gasteiger partial charge in [-0.05, 0) is 45.2 Å². The molecule has 2 N–H and O–H groups in total. The van der Waals surface area contributed by atoms with Gasteiger partial charge in [0, 0.05) is 11.3 Å². The van der Waals surface area contributed by atoms with Gasteiger partial charge in [-0.3, -0.25) is 19.3 Å². The molecule has 2 aromatic carbocycles. The number of likely N-dealkylation sites (N-methyl/N-ethyl adjacent to an activating group) is 1. The molecule has 0 aromatic heterocycles. The van der Waals surface area contributed by atoms with Crippen molar-refractivity contribution in [3.63, 3.8) is 0 Å². The van der Waals surface area contributed by atoms with E-state index in [4.69, 9.17) is 0 Å². The van der Waals surface area contributed by atoms with Gasteiger partial charge in [0.2, 0.25) is 11.8 Å². The molecule has 0 unspecified atom stereocenters. The Kier molecular flexibility index (Phi) is 6.63. The van der Waals surface area contributed by atoms with Crippen LogP contribution in [0.15, 0.2) is 48.5 Å². The molecule has 0 heterocycles. The molecule has 0 radical (unpaired) electrons. The van der Waals surface area contributed by atoms with Crippen molar-refractivity contribution in [3.8, 4) is 0 Å². The van der Waals surface area contributed by atoms with Crippen LogP contribution in [0.1, 0.15) is 22.8 Å².